The molecule has 1 aromatic heterocycles. The number of likely N-dealkylation sites (tertiary alicyclic amines) is 1. The molecule has 98 valence electrons. The number of rotatable bonds is 3. The van der Waals surface area contributed by atoms with Crippen molar-refractivity contribution in [2.45, 2.75) is 25.8 Å². The van der Waals surface area contributed by atoms with Crippen LogP contribution >= 0.6 is 0 Å². The molecule has 18 heavy (non-hydrogen) atoms. The number of anilines is 1. The zero-order valence-corrected chi connectivity index (χ0v) is 10.2. The van der Waals surface area contributed by atoms with Crippen LogP contribution in [0.25, 0.3) is 0 Å². The number of nitrogens with one attached hydrogen (secondary N) is 2. The molecule has 3 amide bonds. The predicted molar refractivity (Wildman–Crippen MR) is 63.9 cm³/mol. The van der Waals surface area contributed by atoms with Crippen molar-refractivity contribution in [3.05, 3.63) is 12.5 Å². The molecule has 0 radical (unpaired) electrons. The summed E-state index contributed by atoms with van der Waals surface area (Å²) in [4.78, 5) is 28.6. The van der Waals surface area contributed by atoms with Gasteiger partial charge in [-0.2, -0.15) is 0 Å². The van der Waals surface area contributed by atoms with E-state index in [0.29, 0.717) is 19.5 Å². The molecule has 2 rings (SSSR count). The Morgan fingerprint density at radius 1 is 1.61 bits per heavy atom. The smallest absolute Gasteiger partial charge is 0.323 e. The third kappa shape index (κ3) is 2.99. The Hall–Kier alpha value is -2.05. The average Bonchev–Trinajstić information content (AvgIpc) is 2.99. The van der Waals surface area contributed by atoms with Crippen molar-refractivity contribution in [1.82, 2.24) is 15.2 Å². The molecule has 1 aliphatic heterocycles. The number of carbonyl (C=O) groups excluding carboxylic acids is 2. The number of oxazole rings is 1. The van der Waals surface area contributed by atoms with Gasteiger partial charge >= 0.3 is 12.0 Å². The SMILES string of the molecule is CCC(=O)N1CCC(NC(=O)Nc2ncco2)C1. The van der Waals surface area contributed by atoms with Gasteiger partial charge in [0.25, 0.3) is 0 Å². The first-order valence-electron chi connectivity index (χ1n) is 5.94. The number of amides is 3. The van der Waals surface area contributed by atoms with Crippen molar-refractivity contribution in [3.8, 4) is 0 Å². The van der Waals surface area contributed by atoms with Gasteiger partial charge in [-0.3, -0.25) is 10.1 Å². The Morgan fingerprint density at radius 2 is 2.44 bits per heavy atom. The maximum Gasteiger partial charge on any atom is 0.323 e. The summed E-state index contributed by atoms with van der Waals surface area (Å²) in [7, 11) is 0. The molecule has 2 heterocycles. The summed E-state index contributed by atoms with van der Waals surface area (Å²) in [6.45, 7) is 3.08. The normalized spacial score (nSPS) is 18.7. The molecule has 7 heteroatoms. The summed E-state index contributed by atoms with van der Waals surface area (Å²) in [5.74, 6) is 0.118. The molecular formula is C11H16N4O3. The lowest BCUT2D eigenvalue weighted by atomic mass is 10.3. The van der Waals surface area contributed by atoms with Crippen LogP contribution in [-0.2, 0) is 4.79 Å². The van der Waals surface area contributed by atoms with Crippen molar-refractivity contribution >= 4 is 18.0 Å². The third-order valence-electron chi connectivity index (χ3n) is 2.83. The Balaban J connectivity index is 1.77. The summed E-state index contributed by atoms with van der Waals surface area (Å²) in [6, 6.07) is -0.226. The fourth-order valence-corrected chi connectivity index (χ4v) is 1.93. The summed E-state index contributed by atoms with van der Waals surface area (Å²) in [5.41, 5.74) is 0. The van der Waals surface area contributed by atoms with Gasteiger partial charge in [0.05, 0.1) is 6.20 Å². The van der Waals surface area contributed by atoms with Crippen LogP contribution in [0.3, 0.4) is 0 Å². The minimum atomic E-state index is -0.367. The van der Waals surface area contributed by atoms with Gasteiger partial charge in [-0.25, -0.2) is 9.78 Å². The molecule has 7 nitrogen and oxygen atoms in total. The predicted octanol–water partition coefficient (Wildman–Crippen LogP) is 0.807. The Morgan fingerprint density at radius 3 is 3.11 bits per heavy atom. The van der Waals surface area contributed by atoms with Crippen LogP contribution in [-0.4, -0.2) is 41.0 Å². The van der Waals surface area contributed by atoms with E-state index in [2.05, 4.69) is 15.6 Å². The highest BCUT2D eigenvalue weighted by atomic mass is 16.4. The number of urea groups is 1. The molecule has 0 bridgehead atoms. The average molecular weight is 252 g/mol. The van der Waals surface area contributed by atoms with Crippen LogP contribution in [0.1, 0.15) is 19.8 Å². The van der Waals surface area contributed by atoms with Gasteiger partial charge in [0, 0.05) is 25.6 Å². The van der Waals surface area contributed by atoms with Crippen molar-refractivity contribution in [1.29, 1.82) is 0 Å². The molecular weight excluding hydrogens is 236 g/mol. The molecule has 1 aliphatic rings. The van der Waals surface area contributed by atoms with Crippen molar-refractivity contribution in [2.24, 2.45) is 0 Å². The van der Waals surface area contributed by atoms with Crippen LogP contribution in [0.15, 0.2) is 16.9 Å². The van der Waals surface area contributed by atoms with Crippen LogP contribution in [0, 0.1) is 0 Å². The molecule has 0 spiro atoms. The second-order valence-electron chi connectivity index (χ2n) is 4.11. The van der Waals surface area contributed by atoms with E-state index in [0.717, 1.165) is 6.42 Å². The Bertz CT molecular complexity index is 418. The lowest BCUT2D eigenvalue weighted by molar-refractivity contribution is -0.129. The minimum absolute atomic E-state index is 0.0181. The highest BCUT2D eigenvalue weighted by Crippen LogP contribution is 2.10. The van der Waals surface area contributed by atoms with E-state index in [-0.39, 0.29) is 24.0 Å². The number of carbonyl (C=O) groups is 2. The molecule has 1 fully saturated rings. The summed E-state index contributed by atoms with van der Waals surface area (Å²) >= 11 is 0. The van der Waals surface area contributed by atoms with Gasteiger partial charge in [-0.05, 0) is 6.42 Å². The quantitative estimate of drug-likeness (QED) is 0.833. The molecule has 1 unspecified atom stereocenters. The fraction of sp³-hybridized carbons (Fsp3) is 0.545. The molecule has 1 aromatic rings. The van der Waals surface area contributed by atoms with E-state index in [1.54, 1.807) is 4.90 Å². The van der Waals surface area contributed by atoms with Gasteiger partial charge in [-0.1, -0.05) is 6.92 Å². The van der Waals surface area contributed by atoms with Crippen LogP contribution in [0.2, 0.25) is 0 Å². The van der Waals surface area contributed by atoms with Gasteiger partial charge < -0.3 is 14.6 Å². The monoisotopic (exact) mass is 252 g/mol. The molecule has 0 aromatic carbocycles. The Labute approximate surface area is 105 Å². The largest absolute Gasteiger partial charge is 0.432 e. The van der Waals surface area contributed by atoms with Crippen molar-refractivity contribution < 1.29 is 14.0 Å². The van der Waals surface area contributed by atoms with E-state index in [1.165, 1.54) is 12.5 Å². The Kier molecular flexibility index (Phi) is 3.81. The zero-order valence-electron chi connectivity index (χ0n) is 10.2. The second kappa shape index (κ2) is 5.52. The molecule has 2 N–H and O–H groups in total. The zero-order chi connectivity index (χ0) is 13.0. The van der Waals surface area contributed by atoms with Crippen molar-refractivity contribution in [2.75, 3.05) is 18.4 Å². The van der Waals surface area contributed by atoms with E-state index < -0.39 is 0 Å². The van der Waals surface area contributed by atoms with Crippen LogP contribution in [0.5, 0.6) is 0 Å². The van der Waals surface area contributed by atoms with Crippen LogP contribution < -0.4 is 10.6 Å². The lowest BCUT2D eigenvalue weighted by Gasteiger charge is -2.16. The molecule has 0 aliphatic carbocycles. The highest BCUT2D eigenvalue weighted by molar-refractivity contribution is 5.87. The highest BCUT2D eigenvalue weighted by Gasteiger charge is 2.26. The standard InChI is InChI=1S/C11H16N4O3/c1-2-9(16)15-5-3-8(7-15)13-10(17)14-11-12-4-6-18-11/h4,6,8H,2-3,5,7H2,1H3,(H2,12,13,14,17). The maximum atomic E-state index is 11.6. The van der Waals surface area contributed by atoms with Crippen LogP contribution in [0.4, 0.5) is 10.8 Å². The number of hydrogen-bond acceptors (Lipinski definition) is 4. The number of hydrogen-bond donors (Lipinski definition) is 2. The van der Waals surface area contributed by atoms with Gasteiger partial charge in [0.15, 0.2) is 0 Å². The lowest BCUT2D eigenvalue weighted by Crippen LogP contribution is -2.40. The van der Waals surface area contributed by atoms with E-state index in [1.807, 2.05) is 6.92 Å². The third-order valence-corrected chi connectivity index (χ3v) is 2.83. The maximum absolute atomic E-state index is 11.6. The van der Waals surface area contributed by atoms with Crippen molar-refractivity contribution in [3.63, 3.8) is 0 Å². The fourth-order valence-electron chi connectivity index (χ4n) is 1.93. The summed E-state index contributed by atoms with van der Waals surface area (Å²) in [5, 5.41) is 5.26. The molecule has 1 atom stereocenters. The van der Waals surface area contributed by atoms with Gasteiger partial charge in [-0.15, -0.1) is 0 Å². The van der Waals surface area contributed by atoms with Gasteiger partial charge in [0.2, 0.25) is 5.91 Å². The molecule has 1 saturated heterocycles. The van der Waals surface area contributed by atoms with E-state index in [9.17, 15) is 9.59 Å². The first kappa shape index (κ1) is 12.4. The minimum Gasteiger partial charge on any atom is -0.432 e. The molecule has 0 saturated carbocycles. The first-order chi connectivity index (χ1) is 8.69. The topological polar surface area (TPSA) is 87.5 Å². The van der Waals surface area contributed by atoms with E-state index >= 15 is 0 Å². The summed E-state index contributed by atoms with van der Waals surface area (Å²) < 4.78 is 4.90. The second-order valence-corrected chi connectivity index (χ2v) is 4.11. The number of nitrogens with zero attached hydrogens (tertiary/aromatic N) is 2. The number of aromatic nitrogens is 1. The van der Waals surface area contributed by atoms with E-state index in [4.69, 9.17) is 4.42 Å². The van der Waals surface area contributed by atoms with Gasteiger partial charge in [0.1, 0.15) is 6.26 Å². The summed E-state index contributed by atoms with van der Waals surface area (Å²) in [6.07, 6.45) is 4.10. The first-order valence-corrected chi connectivity index (χ1v) is 5.94.